The van der Waals surface area contributed by atoms with Gasteiger partial charge in [0.2, 0.25) is 0 Å². The number of allylic oxidation sites excluding steroid dienone is 2. The molecule has 1 aliphatic heterocycles. The largest absolute Gasteiger partial charge is 0.489 e. The van der Waals surface area contributed by atoms with Gasteiger partial charge in [0.15, 0.2) is 16.6 Å². The van der Waals surface area contributed by atoms with E-state index in [2.05, 4.69) is 239 Å². The first-order valence-electron chi connectivity index (χ1n) is 45.7. The molecule has 18 rings (SSSR count). The summed E-state index contributed by atoms with van der Waals surface area (Å²) in [5.74, 6) is 7.29. The summed E-state index contributed by atoms with van der Waals surface area (Å²) in [6, 6.07) is 56.0. The molecule has 5 aliphatic carbocycles. The van der Waals surface area contributed by atoms with E-state index >= 15 is 0 Å². The average molecular weight is 1780 g/mol. The lowest BCUT2D eigenvalue weighted by Gasteiger charge is -2.55. The molecule has 4 aromatic carbocycles. The number of rotatable bonds is 29. The van der Waals surface area contributed by atoms with Gasteiger partial charge in [0.25, 0.3) is 0 Å². The van der Waals surface area contributed by atoms with Crippen LogP contribution in [0.2, 0.25) is 0 Å². The number of nitrogens with zero attached hydrogens (tertiary/aromatic N) is 9. The Labute approximate surface area is 753 Å². The lowest BCUT2D eigenvalue weighted by molar-refractivity contribution is -0.111. The number of fused-ring (bicyclic) bond motifs is 3. The molecule has 0 radical (unpaired) electrons. The van der Waals surface area contributed by atoms with E-state index in [0.29, 0.717) is 17.7 Å². The average Bonchev–Trinajstić information content (AvgIpc) is 1.66. The van der Waals surface area contributed by atoms with Gasteiger partial charge in [0, 0.05) is 106 Å². The zero-order valence-corrected chi connectivity index (χ0v) is 79.2. The van der Waals surface area contributed by atoms with E-state index in [1.165, 1.54) is 180 Å². The molecule has 4 fully saturated rings. The molecule has 14 nitrogen and oxygen atoms in total. The van der Waals surface area contributed by atoms with Gasteiger partial charge in [-0.05, 0) is 286 Å². The highest BCUT2D eigenvalue weighted by molar-refractivity contribution is 14.1. The number of aromatic nitrogens is 10. The van der Waals surface area contributed by atoms with E-state index in [-0.39, 0.29) is 11.2 Å². The highest BCUT2D eigenvalue weighted by Gasteiger charge is 2.53. The second-order valence-corrected chi connectivity index (χ2v) is 36.5. The Morgan fingerprint density at radius 3 is 1.62 bits per heavy atom. The van der Waals surface area contributed by atoms with Crippen molar-refractivity contribution in [3.8, 4) is 27.6 Å². The topological polar surface area (TPSA) is 188 Å². The number of unbranched alkanes of at least 4 members (excludes halogenated alkanes) is 11. The summed E-state index contributed by atoms with van der Waals surface area (Å²) in [5.41, 5.74) is 24.8. The Morgan fingerprint density at radius 2 is 1.14 bits per heavy atom. The smallest absolute Gasteiger partial charge is 0.174 e. The van der Waals surface area contributed by atoms with E-state index in [1.807, 2.05) is 117 Å². The zero-order chi connectivity index (χ0) is 87.4. The molecule has 123 heavy (non-hydrogen) atoms. The number of carbonyl (C=O) groups is 1. The first-order valence-corrected chi connectivity index (χ1v) is 47.6. The van der Waals surface area contributed by atoms with Gasteiger partial charge in [-0.25, -0.2) is 15.0 Å². The van der Waals surface area contributed by atoms with Gasteiger partial charge in [0.1, 0.15) is 24.0 Å². The number of furan rings is 1. The van der Waals surface area contributed by atoms with Crippen molar-refractivity contribution >= 4 is 45.4 Å². The summed E-state index contributed by atoms with van der Waals surface area (Å²) in [7, 11) is 0. The molecule has 8 aromatic heterocycles. The Hall–Kier alpha value is -9.52. The molecule has 4 saturated carbocycles. The molecule has 0 unspecified atom stereocenters. The van der Waals surface area contributed by atoms with E-state index in [1.54, 1.807) is 35.7 Å². The summed E-state index contributed by atoms with van der Waals surface area (Å²) in [5, 5.41) is 2.96. The second-order valence-electron chi connectivity index (χ2n) is 34.7. The second kappa shape index (κ2) is 49.8. The van der Waals surface area contributed by atoms with Crippen LogP contribution in [0.3, 0.4) is 0 Å². The molecular formula is C107H137IN11O3S-. The van der Waals surface area contributed by atoms with Crippen molar-refractivity contribution in [3.05, 3.63) is 306 Å². The van der Waals surface area contributed by atoms with Gasteiger partial charge < -0.3 is 29.1 Å². The number of imidazole rings is 3. The highest BCUT2D eigenvalue weighted by Crippen LogP contribution is 2.60. The number of pyridine rings is 3. The number of thiazole rings is 1. The summed E-state index contributed by atoms with van der Waals surface area (Å²) in [4.78, 5) is 55.9. The number of aromatic amines is 2. The number of Topliss-reactive ketones (excluding diaryl/α,β-unsaturated/α-hetero) is 1. The fourth-order valence-corrected chi connectivity index (χ4v) is 20.0. The number of ether oxygens (including phenoxy) is 1. The van der Waals surface area contributed by atoms with Crippen molar-refractivity contribution < 1.29 is 13.9 Å². The van der Waals surface area contributed by atoms with E-state index in [9.17, 15) is 4.79 Å². The van der Waals surface area contributed by atoms with Crippen molar-refractivity contribution in [1.82, 2.24) is 49.8 Å². The predicted octanol–water partition coefficient (Wildman–Crippen LogP) is 27.9. The normalized spacial score (nSPS) is 16.2. The monoisotopic (exact) mass is 1780 g/mol. The molecule has 6 aliphatic rings. The number of carbonyl (C=O) groups excluding carboxylic acids is 1. The molecule has 12 aromatic rings. The highest BCUT2D eigenvalue weighted by atomic mass is 127. The number of hydrogen-bond donors (Lipinski definition) is 2. The Balaban J connectivity index is 0.000000157. The molecule has 0 atom stereocenters. The molecular weight excluding hydrogens is 1650 g/mol. The van der Waals surface area contributed by atoms with Gasteiger partial charge in [-0.2, -0.15) is 0 Å². The number of benzene rings is 4. The van der Waals surface area contributed by atoms with Gasteiger partial charge in [-0.15, -0.1) is 11.3 Å². The lowest BCUT2D eigenvalue weighted by Crippen LogP contribution is -2.49. The molecule has 16 heteroatoms. The van der Waals surface area contributed by atoms with Crippen LogP contribution >= 0.6 is 33.9 Å². The standard InChI is InChI=1S/C36H49N.C16H19NO.C13H18N2.C13H16N2.C9H13N.C8H7NOS.C7H9NO.C5H6IN2/c1-3-4-5-6-11-18-28-36(34-26-16-14-24-32(34)33-25-15-17-27-35(33)36)29-19-12-9-7-8-10-13-22-31-23-20-21-30(2)37-31;1-4-14-5-7-16(8-6-14)18-11-15-9-12(2)17-13(3)10-15;1-2-15-12(14-1)13-6-9-3-10(7-13)5-11(4-9)8-13;1-11-10-14-13(15-11)9-5-8-12-6-3-2-4-7-12;1-4-9-5-7(2)10-8(3)6-9;1-6-5-11-8(9-6)7-3-2-4-10-7;1-5-3-4-7(8-5)6(2)9;1-3-4(2)8-5(6)7-3/h14-17,20-21,23-27H,3-13,18-19,22,28-29H2,1-2H3;5-10H,4,11H2,1-3H3;1-2,9-11H,3-8H2,(H,14,15);2-4,6-7,10H,5,8-9H2,1H3,(H,14,15);5-6H,4H2,1-3H3;2-5H,1H3;3H,4H2,1-2H3;1-2H3/q;;;;;;;-1. The minimum absolute atomic E-state index is 0.0862. The molecule has 0 saturated heterocycles. The summed E-state index contributed by atoms with van der Waals surface area (Å²) < 4.78 is 11.8. The number of hydrogen-bond acceptors (Lipinski definition) is 12. The zero-order valence-electron chi connectivity index (χ0n) is 76.2. The van der Waals surface area contributed by atoms with Crippen LogP contribution in [0.4, 0.5) is 0 Å². The molecule has 652 valence electrons. The predicted molar refractivity (Wildman–Crippen MR) is 518 cm³/mol. The SMILES string of the molecule is CC(=O)C1=NC(C)=CC1.CCCCCCCCC1(CCCCCCCCCc2cccc(C)n2)c2ccccc2-c2ccccc21.CCc1cc(C)nc(C)c1.CCc1ccc(OCc2cc(C)nc(C)c2)cc1.Cc1cnc(CCCc2ccccc2)[nH]1.Cc1csc(-c2ccco2)n1.Cc1nc(I)[n-]c1C.c1c[nH]c(C23CC4CC(CC(C4)C2)C3)n1. The van der Waals surface area contributed by atoms with Crippen LogP contribution < -0.4 is 9.72 Å². The number of nitrogens with one attached hydrogen (secondary N) is 2. The van der Waals surface area contributed by atoms with E-state index < -0.39 is 0 Å². The van der Waals surface area contributed by atoms with Gasteiger partial charge in [-0.1, -0.05) is 235 Å². The molecule has 0 amide bonds. The van der Waals surface area contributed by atoms with Gasteiger partial charge in [-0.3, -0.25) is 24.7 Å². The van der Waals surface area contributed by atoms with Crippen molar-refractivity contribution in [1.29, 1.82) is 0 Å². The Morgan fingerprint density at radius 1 is 0.553 bits per heavy atom. The minimum Gasteiger partial charge on any atom is -0.489 e. The van der Waals surface area contributed by atoms with E-state index in [4.69, 9.17) is 9.15 Å². The first kappa shape index (κ1) is 95.7. The van der Waals surface area contributed by atoms with Gasteiger partial charge in [0.05, 0.1) is 12.0 Å². The van der Waals surface area contributed by atoms with Crippen LogP contribution in [0.5, 0.6) is 5.75 Å². The number of aryl methyl sites for hydroxylation is 14. The minimum atomic E-state index is 0.0862. The molecule has 0 spiro atoms. The van der Waals surface area contributed by atoms with E-state index in [0.717, 1.165) is 146 Å². The fourth-order valence-electron chi connectivity index (χ4n) is 18.5. The number of ketones is 1. The van der Waals surface area contributed by atoms with Crippen molar-refractivity contribution in [2.45, 2.75) is 294 Å². The third kappa shape index (κ3) is 30.7. The van der Waals surface area contributed by atoms with Crippen LogP contribution in [0.15, 0.2) is 209 Å². The van der Waals surface area contributed by atoms with Crippen LogP contribution in [0, 0.1) is 83.9 Å². The summed E-state index contributed by atoms with van der Waals surface area (Å²) in [6.45, 7) is 28.8. The third-order valence-electron chi connectivity index (χ3n) is 24.3. The quantitative estimate of drug-likeness (QED) is 0.0335. The third-order valence-corrected chi connectivity index (χ3v) is 25.7. The first-order chi connectivity index (χ1) is 59.6. The summed E-state index contributed by atoms with van der Waals surface area (Å²) >= 11 is 3.71. The lowest BCUT2D eigenvalue weighted by atomic mass is 9.49. The maximum Gasteiger partial charge on any atom is 0.174 e. The maximum absolute atomic E-state index is 10.6. The Bertz CT molecular complexity index is 5030. The Kier molecular flexibility index (Phi) is 38.8. The summed E-state index contributed by atoms with van der Waals surface area (Å²) in [6.07, 6.45) is 45.8. The van der Waals surface area contributed by atoms with Crippen molar-refractivity contribution in [2.75, 3.05) is 0 Å². The van der Waals surface area contributed by atoms with Crippen molar-refractivity contribution in [3.63, 3.8) is 0 Å². The van der Waals surface area contributed by atoms with Crippen LogP contribution in [0.1, 0.15) is 284 Å². The molecule has 9 heterocycles. The maximum atomic E-state index is 10.6. The van der Waals surface area contributed by atoms with Crippen LogP contribution in [-0.4, -0.2) is 56.4 Å². The fraction of sp³-hybridized carbons (Fsp3) is 0.449. The van der Waals surface area contributed by atoms with Gasteiger partial charge >= 0.3 is 0 Å². The number of aliphatic imine (C=N–C) groups is 1. The molecule has 4 bridgehead atoms. The van der Waals surface area contributed by atoms with Crippen LogP contribution in [0.25, 0.3) is 21.9 Å². The van der Waals surface area contributed by atoms with Crippen LogP contribution in [-0.2, 0) is 54.3 Å². The molecule has 2 N–H and O–H groups in total. The van der Waals surface area contributed by atoms with Crippen molar-refractivity contribution in [2.24, 2.45) is 22.7 Å². The number of halogens is 1. The number of H-pyrrole nitrogens is 2.